The molecule has 0 unspecified atom stereocenters. The second kappa shape index (κ2) is 6.47. The van der Waals surface area contributed by atoms with E-state index in [-0.39, 0.29) is 0 Å². The van der Waals surface area contributed by atoms with Crippen molar-refractivity contribution in [3.8, 4) is 0 Å². The fraction of sp³-hybridized carbons (Fsp3) is 0.412. The number of aryl methyl sites for hydroxylation is 2. The van der Waals surface area contributed by atoms with Gasteiger partial charge in [-0.2, -0.15) is 4.31 Å². The van der Waals surface area contributed by atoms with Crippen molar-refractivity contribution in [3.63, 3.8) is 0 Å². The van der Waals surface area contributed by atoms with Crippen molar-refractivity contribution in [3.05, 3.63) is 53.5 Å². The molecule has 2 heterocycles. The molecule has 0 amide bonds. The number of hydrogen-bond donors (Lipinski definition) is 0. The Morgan fingerprint density at radius 1 is 1.09 bits per heavy atom. The van der Waals surface area contributed by atoms with Crippen LogP contribution < -0.4 is 0 Å². The molecule has 1 fully saturated rings. The summed E-state index contributed by atoms with van der Waals surface area (Å²) in [5, 5.41) is 0. The molecule has 1 aliphatic rings. The molecule has 124 valence electrons. The normalized spacial score (nSPS) is 17.5. The van der Waals surface area contributed by atoms with Crippen molar-refractivity contribution in [2.45, 2.75) is 25.3 Å². The van der Waals surface area contributed by atoms with Crippen LogP contribution >= 0.6 is 0 Å². The van der Waals surface area contributed by atoms with E-state index in [9.17, 15) is 8.42 Å². The van der Waals surface area contributed by atoms with Crippen molar-refractivity contribution in [1.29, 1.82) is 0 Å². The van der Waals surface area contributed by atoms with Crippen LogP contribution in [0.15, 0.2) is 45.9 Å². The van der Waals surface area contributed by atoms with Gasteiger partial charge in [0.2, 0.25) is 10.0 Å². The van der Waals surface area contributed by atoms with Crippen LogP contribution in [0.2, 0.25) is 0 Å². The lowest BCUT2D eigenvalue weighted by atomic mass is 10.2. The van der Waals surface area contributed by atoms with E-state index in [0.717, 1.165) is 23.4 Å². The van der Waals surface area contributed by atoms with E-state index in [4.69, 9.17) is 4.42 Å². The first-order chi connectivity index (χ1) is 11.0. The molecule has 2 aromatic rings. The molecule has 5 nitrogen and oxygen atoms in total. The van der Waals surface area contributed by atoms with Crippen LogP contribution in [-0.4, -0.2) is 43.8 Å². The largest absolute Gasteiger partial charge is 0.468 e. The van der Waals surface area contributed by atoms with Crippen molar-refractivity contribution in [1.82, 2.24) is 9.21 Å². The topological polar surface area (TPSA) is 53.8 Å². The lowest BCUT2D eigenvalue weighted by Crippen LogP contribution is -2.48. The van der Waals surface area contributed by atoms with Crippen molar-refractivity contribution in [2.24, 2.45) is 0 Å². The number of sulfonamides is 1. The number of nitrogens with zero attached hydrogens (tertiary/aromatic N) is 2. The molecule has 0 bridgehead atoms. The minimum atomic E-state index is -3.42. The van der Waals surface area contributed by atoms with Gasteiger partial charge in [-0.25, -0.2) is 8.42 Å². The van der Waals surface area contributed by atoms with E-state index >= 15 is 0 Å². The Kier molecular flexibility index (Phi) is 4.57. The highest BCUT2D eigenvalue weighted by molar-refractivity contribution is 7.89. The van der Waals surface area contributed by atoms with Crippen LogP contribution in [0.25, 0.3) is 0 Å². The van der Waals surface area contributed by atoms with Gasteiger partial charge < -0.3 is 4.42 Å². The Morgan fingerprint density at radius 3 is 2.48 bits per heavy atom. The zero-order valence-corrected chi connectivity index (χ0v) is 14.3. The summed E-state index contributed by atoms with van der Waals surface area (Å²) in [5.74, 6) is 0.913. The van der Waals surface area contributed by atoms with Crippen LogP contribution in [0.3, 0.4) is 0 Å². The molecule has 0 aliphatic carbocycles. The molecule has 1 saturated heterocycles. The highest BCUT2D eigenvalue weighted by Crippen LogP contribution is 2.22. The Labute approximate surface area is 137 Å². The van der Waals surface area contributed by atoms with Crippen molar-refractivity contribution >= 4 is 10.0 Å². The fourth-order valence-corrected chi connectivity index (χ4v) is 4.61. The first-order valence-electron chi connectivity index (χ1n) is 7.79. The average Bonchev–Trinajstić information content (AvgIpc) is 3.03. The van der Waals surface area contributed by atoms with Crippen LogP contribution in [0.4, 0.5) is 0 Å². The number of piperazine rings is 1. The van der Waals surface area contributed by atoms with E-state index in [2.05, 4.69) is 4.90 Å². The van der Waals surface area contributed by atoms with Gasteiger partial charge in [0.1, 0.15) is 5.76 Å². The SMILES string of the molecule is Cc1ccc(C)c(S(=O)(=O)N2CCN(Cc3ccco3)CC2)c1. The standard InChI is InChI=1S/C17H22N2O3S/c1-14-5-6-15(2)17(12-14)23(20,21)19-9-7-18(8-10-19)13-16-4-3-11-22-16/h3-6,11-12H,7-10,13H2,1-2H3. The third-order valence-electron chi connectivity index (χ3n) is 4.25. The van der Waals surface area contributed by atoms with Crippen LogP contribution in [0.5, 0.6) is 0 Å². The van der Waals surface area contributed by atoms with Crippen LogP contribution in [0.1, 0.15) is 16.9 Å². The van der Waals surface area contributed by atoms with Gasteiger partial charge in [-0.3, -0.25) is 4.90 Å². The van der Waals surface area contributed by atoms with Crippen molar-refractivity contribution in [2.75, 3.05) is 26.2 Å². The first-order valence-corrected chi connectivity index (χ1v) is 9.23. The first kappa shape index (κ1) is 16.2. The highest BCUT2D eigenvalue weighted by atomic mass is 32.2. The molecule has 3 rings (SSSR count). The Morgan fingerprint density at radius 2 is 1.83 bits per heavy atom. The number of hydrogen-bond acceptors (Lipinski definition) is 4. The van der Waals surface area contributed by atoms with Gasteiger partial charge in [0.25, 0.3) is 0 Å². The molecule has 0 atom stereocenters. The molecule has 1 aromatic heterocycles. The quantitative estimate of drug-likeness (QED) is 0.861. The zero-order valence-electron chi connectivity index (χ0n) is 13.5. The second-order valence-corrected chi connectivity index (χ2v) is 7.93. The minimum absolute atomic E-state index is 0.428. The zero-order chi connectivity index (χ0) is 16.4. The van der Waals surface area contributed by atoms with Gasteiger partial charge >= 0.3 is 0 Å². The molecular weight excluding hydrogens is 312 g/mol. The summed E-state index contributed by atoms with van der Waals surface area (Å²) in [4.78, 5) is 2.64. The number of rotatable bonds is 4. The number of benzene rings is 1. The van der Waals surface area contributed by atoms with Gasteiger partial charge in [-0.05, 0) is 43.2 Å². The van der Waals surface area contributed by atoms with Gasteiger partial charge in [0, 0.05) is 26.2 Å². The van der Waals surface area contributed by atoms with Gasteiger partial charge in [-0.15, -0.1) is 0 Å². The summed E-state index contributed by atoms with van der Waals surface area (Å²) in [6.45, 7) is 6.94. The molecule has 1 aromatic carbocycles. The molecule has 0 spiro atoms. The second-order valence-electron chi connectivity index (χ2n) is 6.03. The third-order valence-corrected chi connectivity index (χ3v) is 6.29. The summed E-state index contributed by atoms with van der Waals surface area (Å²) in [7, 11) is -3.42. The summed E-state index contributed by atoms with van der Waals surface area (Å²) in [6.07, 6.45) is 1.66. The Bertz CT molecular complexity index is 761. The van der Waals surface area contributed by atoms with E-state index < -0.39 is 10.0 Å². The Balaban J connectivity index is 1.70. The lowest BCUT2D eigenvalue weighted by molar-refractivity contribution is 0.171. The summed E-state index contributed by atoms with van der Waals surface area (Å²) in [5.41, 5.74) is 1.76. The van der Waals surface area contributed by atoms with Gasteiger partial charge in [0.15, 0.2) is 0 Å². The van der Waals surface area contributed by atoms with E-state index in [1.807, 2.05) is 38.1 Å². The van der Waals surface area contributed by atoms with Crippen LogP contribution in [-0.2, 0) is 16.6 Å². The van der Waals surface area contributed by atoms with Gasteiger partial charge in [0.05, 0.1) is 17.7 Å². The van der Waals surface area contributed by atoms with Crippen molar-refractivity contribution < 1.29 is 12.8 Å². The maximum atomic E-state index is 12.9. The lowest BCUT2D eigenvalue weighted by Gasteiger charge is -2.33. The third kappa shape index (κ3) is 3.49. The Hall–Kier alpha value is -1.63. The maximum absolute atomic E-state index is 12.9. The van der Waals surface area contributed by atoms with Gasteiger partial charge in [-0.1, -0.05) is 12.1 Å². The van der Waals surface area contributed by atoms with Crippen LogP contribution in [0, 0.1) is 13.8 Å². The van der Waals surface area contributed by atoms with E-state index in [1.54, 1.807) is 16.6 Å². The summed E-state index contributed by atoms with van der Waals surface area (Å²) in [6, 6.07) is 9.39. The molecule has 6 heteroatoms. The average molecular weight is 334 g/mol. The maximum Gasteiger partial charge on any atom is 0.243 e. The molecule has 1 aliphatic heterocycles. The fourth-order valence-electron chi connectivity index (χ4n) is 2.88. The minimum Gasteiger partial charge on any atom is -0.468 e. The predicted octanol–water partition coefficient (Wildman–Crippen LogP) is 2.40. The summed E-state index contributed by atoms with van der Waals surface area (Å²) < 4.78 is 32.7. The molecule has 23 heavy (non-hydrogen) atoms. The smallest absolute Gasteiger partial charge is 0.243 e. The molecule has 0 saturated carbocycles. The molecular formula is C17H22N2O3S. The summed E-state index contributed by atoms with van der Waals surface area (Å²) >= 11 is 0. The monoisotopic (exact) mass is 334 g/mol. The highest BCUT2D eigenvalue weighted by Gasteiger charge is 2.29. The van der Waals surface area contributed by atoms with E-state index in [1.165, 1.54) is 0 Å². The van der Waals surface area contributed by atoms with E-state index in [0.29, 0.717) is 31.1 Å². The number of furan rings is 1. The molecule has 0 N–H and O–H groups in total. The molecule has 0 radical (unpaired) electrons. The predicted molar refractivity (Wildman–Crippen MR) is 88.7 cm³/mol.